The summed E-state index contributed by atoms with van der Waals surface area (Å²) in [6, 6.07) is 13.3. The fourth-order valence-corrected chi connectivity index (χ4v) is 4.69. The number of methoxy groups -OCH3 is 1. The normalized spacial score (nSPS) is 18.8. The summed E-state index contributed by atoms with van der Waals surface area (Å²) in [7, 11) is 1.12. The number of fused-ring (bicyclic) bond motifs is 3. The largest absolute Gasteiger partial charge is 0.467 e. The number of hydrogen-bond acceptors (Lipinski definition) is 6. The molecule has 2 atom stereocenters. The number of carbonyl (C=O) groups excluding carboxylic acids is 2. The van der Waals surface area contributed by atoms with Gasteiger partial charge in [-0.05, 0) is 22.3 Å². The maximum atomic E-state index is 13.6. The van der Waals surface area contributed by atoms with Crippen LogP contribution in [0, 0.1) is 0 Å². The first kappa shape index (κ1) is 25.4. The number of carbonyl (C=O) groups is 3. The van der Waals surface area contributed by atoms with E-state index in [0.29, 0.717) is 4.90 Å². The average Bonchev–Trinajstić information content (AvgIpc) is 3.35. The summed E-state index contributed by atoms with van der Waals surface area (Å²) >= 11 is 0. The Morgan fingerprint density at radius 3 is 2.28 bits per heavy atom. The number of esters is 1. The minimum absolute atomic E-state index is 0.0271. The molecule has 2 aromatic rings. The van der Waals surface area contributed by atoms with E-state index in [1.807, 2.05) is 48.5 Å². The zero-order valence-corrected chi connectivity index (χ0v) is 19.5. The molecule has 1 heterocycles. The molecule has 1 aliphatic heterocycles. The van der Waals surface area contributed by atoms with E-state index >= 15 is 0 Å². The lowest BCUT2D eigenvalue weighted by Gasteiger charge is -2.22. The number of hydrogen-bond donors (Lipinski definition) is 2. The van der Waals surface area contributed by atoms with Crippen LogP contribution in [0.4, 0.5) is 18.4 Å². The predicted octanol–water partition coefficient (Wildman–Crippen LogP) is 3.47. The zero-order chi connectivity index (χ0) is 25.9. The van der Waals surface area contributed by atoms with Gasteiger partial charge in [-0.25, -0.2) is 23.2 Å². The molecule has 2 N–H and O–H groups in total. The monoisotopic (exact) mass is 504 g/mol. The molecule has 0 spiro atoms. The second kappa shape index (κ2) is 10.5. The summed E-state index contributed by atoms with van der Waals surface area (Å²) in [4.78, 5) is 36.5. The van der Waals surface area contributed by atoms with E-state index in [4.69, 9.17) is 14.6 Å². The summed E-state index contributed by atoms with van der Waals surface area (Å²) in [6.45, 7) is -1.68. The molecule has 0 aromatic heterocycles. The summed E-state index contributed by atoms with van der Waals surface area (Å²) < 4.78 is 42.7. The summed E-state index contributed by atoms with van der Waals surface area (Å²) in [5.74, 6) is -4.16. The Balaban J connectivity index is 1.34. The van der Waals surface area contributed by atoms with Gasteiger partial charge in [0.15, 0.2) is 6.04 Å². The van der Waals surface area contributed by atoms with Crippen LogP contribution >= 0.6 is 0 Å². The van der Waals surface area contributed by atoms with Crippen molar-refractivity contribution in [1.29, 1.82) is 0 Å². The third kappa shape index (κ3) is 5.40. The highest BCUT2D eigenvalue weighted by Crippen LogP contribution is 2.44. The Labute approximate surface area is 205 Å². The van der Waals surface area contributed by atoms with E-state index in [1.54, 1.807) is 0 Å². The van der Waals surface area contributed by atoms with E-state index in [-0.39, 0.29) is 19.1 Å². The van der Waals surface area contributed by atoms with Crippen LogP contribution < -0.4 is 5.32 Å². The Morgan fingerprint density at radius 1 is 1.08 bits per heavy atom. The lowest BCUT2D eigenvalue weighted by Crippen LogP contribution is -2.46. The fourth-order valence-electron chi connectivity index (χ4n) is 4.69. The smallest absolute Gasteiger partial charge is 0.407 e. The van der Waals surface area contributed by atoms with Crippen molar-refractivity contribution >= 4 is 18.2 Å². The van der Waals surface area contributed by atoms with Crippen LogP contribution in [0.15, 0.2) is 48.5 Å². The van der Waals surface area contributed by atoms with Crippen molar-refractivity contribution in [3.63, 3.8) is 0 Å². The molecule has 2 aromatic carbocycles. The van der Waals surface area contributed by atoms with Gasteiger partial charge < -0.3 is 24.6 Å². The molecule has 9 nitrogen and oxygen atoms in total. The van der Waals surface area contributed by atoms with Crippen LogP contribution in [-0.2, 0) is 19.0 Å². The quantitative estimate of drug-likeness (QED) is 0.529. The van der Waals surface area contributed by atoms with E-state index in [9.17, 15) is 23.2 Å². The molecule has 2 amide bonds. The van der Waals surface area contributed by atoms with Crippen molar-refractivity contribution in [1.82, 2.24) is 10.2 Å². The molecular formula is C25H26F2N2O7. The van der Waals surface area contributed by atoms with Gasteiger partial charge in [0.25, 0.3) is 5.92 Å². The van der Waals surface area contributed by atoms with E-state index in [1.165, 1.54) is 0 Å². The van der Waals surface area contributed by atoms with Gasteiger partial charge >= 0.3 is 18.2 Å². The second-order valence-electron chi connectivity index (χ2n) is 8.71. The second-order valence-corrected chi connectivity index (χ2v) is 8.71. The molecule has 2 aliphatic rings. The molecule has 1 aliphatic carbocycles. The first-order chi connectivity index (χ1) is 17.2. The molecule has 1 saturated heterocycles. The van der Waals surface area contributed by atoms with Gasteiger partial charge in [0.2, 0.25) is 0 Å². The Hall–Kier alpha value is -3.73. The molecule has 0 saturated carbocycles. The molecule has 0 unspecified atom stereocenters. The average molecular weight is 504 g/mol. The van der Waals surface area contributed by atoms with Crippen LogP contribution in [0.25, 0.3) is 11.1 Å². The van der Waals surface area contributed by atoms with Crippen LogP contribution in [0.1, 0.15) is 23.5 Å². The lowest BCUT2D eigenvalue weighted by atomic mass is 9.98. The molecule has 0 bridgehead atoms. The van der Waals surface area contributed by atoms with Crippen molar-refractivity contribution in [2.45, 2.75) is 30.3 Å². The van der Waals surface area contributed by atoms with Gasteiger partial charge in [-0.1, -0.05) is 48.5 Å². The van der Waals surface area contributed by atoms with E-state index in [0.717, 1.165) is 29.4 Å². The number of likely N-dealkylation sites (tertiary alicyclic amines) is 1. The molecule has 4 rings (SSSR count). The first-order valence-electron chi connectivity index (χ1n) is 11.3. The van der Waals surface area contributed by atoms with Crippen LogP contribution in [0.2, 0.25) is 0 Å². The minimum atomic E-state index is -3.16. The number of benzene rings is 2. The van der Waals surface area contributed by atoms with E-state index in [2.05, 4.69) is 10.1 Å². The topological polar surface area (TPSA) is 114 Å². The highest BCUT2D eigenvalue weighted by atomic mass is 19.3. The Bertz CT molecular complexity index is 1100. The molecule has 0 radical (unpaired) electrons. The lowest BCUT2D eigenvalue weighted by molar-refractivity contribution is -0.144. The maximum absolute atomic E-state index is 13.6. The summed E-state index contributed by atoms with van der Waals surface area (Å²) in [6.07, 6.45) is -3.06. The molecule has 36 heavy (non-hydrogen) atoms. The van der Waals surface area contributed by atoms with Crippen molar-refractivity contribution in [3.05, 3.63) is 59.7 Å². The number of nitrogens with zero attached hydrogens (tertiary/aromatic N) is 1. The molecule has 11 heteroatoms. The number of halogens is 2. The maximum Gasteiger partial charge on any atom is 0.407 e. The predicted molar refractivity (Wildman–Crippen MR) is 123 cm³/mol. The highest BCUT2D eigenvalue weighted by molar-refractivity contribution is 5.82. The van der Waals surface area contributed by atoms with Gasteiger partial charge in [-0.15, -0.1) is 0 Å². The summed E-state index contributed by atoms with van der Waals surface area (Å²) in [5, 5.41) is 11.5. The third-order valence-electron chi connectivity index (χ3n) is 6.34. The SMILES string of the molecule is COC(=O)[C@H](COC[C@@H]1CC(F)(F)CN1C(=O)O)NC(=O)OCC1c2ccccc2-c2ccccc21. The van der Waals surface area contributed by atoms with Crippen LogP contribution in [0.3, 0.4) is 0 Å². The first-order valence-corrected chi connectivity index (χ1v) is 11.3. The fraction of sp³-hybridized carbons (Fsp3) is 0.400. The molecular weight excluding hydrogens is 478 g/mol. The van der Waals surface area contributed by atoms with Gasteiger partial charge in [0, 0.05) is 12.3 Å². The number of carboxylic acid groups (broad SMARTS) is 1. The van der Waals surface area contributed by atoms with Gasteiger partial charge in [-0.3, -0.25) is 4.90 Å². The Morgan fingerprint density at radius 2 is 1.69 bits per heavy atom. The number of rotatable bonds is 8. The number of alkyl halides is 2. The van der Waals surface area contributed by atoms with Gasteiger partial charge in [-0.2, -0.15) is 0 Å². The van der Waals surface area contributed by atoms with Crippen LogP contribution in [0.5, 0.6) is 0 Å². The van der Waals surface area contributed by atoms with Crippen molar-refractivity contribution in [2.75, 3.05) is 33.5 Å². The molecule has 1 fully saturated rings. The standard InChI is InChI=1S/C25H26F2N2O7/c1-34-22(30)21(13-35-11-15-10-25(26,27)14-29(15)24(32)33)28-23(31)36-12-20-18-8-4-2-6-16(18)17-7-3-5-9-19(17)20/h2-9,15,20-21H,10-14H2,1H3,(H,28,31)(H,32,33)/t15-,21-/m0/s1. The number of alkyl carbamates (subject to hydrolysis) is 1. The van der Waals surface area contributed by atoms with Crippen molar-refractivity contribution in [2.24, 2.45) is 0 Å². The summed E-state index contributed by atoms with van der Waals surface area (Å²) in [5.41, 5.74) is 4.18. The van der Waals surface area contributed by atoms with Gasteiger partial charge in [0.05, 0.1) is 32.9 Å². The van der Waals surface area contributed by atoms with Crippen molar-refractivity contribution < 1.29 is 42.5 Å². The molecule has 192 valence electrons. The Kier molecular flexibility index (Phi) is 7.39. The van der Waals surface area contributed by atoms with Crippen LogP contribution in [-0.4, -0.2) is 79.6 Å². The number of amides is 2. The zero-order valence-electron chi connectivity index (χ0n) is 19.5. The van der Waals surface area contributed by atoms with Gasteiger partial charge in [0.1, 0.15) is 6.61 Å². The number of nitrogens with one attached hydrogen (secondary N) is 1. The minimum Gasteiger partial charge on any atom is -0.467 e. The van der Waals surface area contributed by atoms with Crippen molar-refractivity contribution in [3.8, 4) is 11.1 Å². The highest BCUT2D eigenvalue weighted by Gasteiger charge is 2.47. The number of ether oxygens (including phenoxy) is 3. The third-order valence-corrected chi connectivity index (χ3v) is 6.34. The van der Waals surface area contributed by atoms with E-state index < -0.39 is 55.7 Å².